The first kappa shape index (κ1) is 28.6. The van der Waals surface area contributed by atoms with Gasteiger partial charge in [0, 0.05) is 13.5 Å². The van der Waals surface area contributed by atoms with E-state index in [0.717, 1.165) is 19.4 Å². The summed E-state index contributed by atoms with van der Waals surface area (Å²) in [5, 5.41) is 2.68. The molecule has 0 spiro atoms. The topological polar surface area (TPSA) is 55.1 Å². The number of nitrogens with two attached hydrogens (primary N) is 1. The zero-order valence-electron chi connectivity index (χ0n) is 19.1. The van der Waals surface area contributed by atoms with Crippen molar-refractivity contribution in [1.82, 2.24) is 5.32 Å². The minimum Gasteiger partial charge on any atom is -0.359 e. The zero-order valence-corrected chi connectivity index (χ0v) is 19.1. The molecule has 0 saturated heterocycles. The molecule has 1 amide bonds. The van der Waals surface area contributed by atoms with E-state index in [-0.39, 0.29) is 5.91 Å². The van der Waals surface area contributed by atoms with E-state index in [1.165, 1.54) is 103 Å². The van der Waals surface area contributed by atoms with Gasteiger partial charge in [-0.1, -0.05) is 117 Å². The highest BCUT2D eigenvalue weighted by molar-refractivity contribution is 5.75. The number of hydrogen-bond donors (Lipinski definition) is 2. The quantitative estimate of drug-likeness (QED) is 0.233. The van der Waals surface area contributed by atoms with Crippen molar-refractivity contribution in [2.75, 3.05) is 13.6 Å². The van der Waals surface area contributed by atoms with Gasteiger partial charge in [0.05, 0.1) is 0 Å². The first-order valence-corrected chi connectivity index (χ1v) is 12.1. The molecule has 0 heterocycles. The number of nitrogens with one attached hydrogen (secondary N) is 1. The minimum atomic E-state index is 0.186. The Morgan fingerprint density at radius 2 is 0.889 bits per heavy atom. The van der Waals surface area contributed by atoms with Gasteiger partial charge in [0.2, 0.25) is 5.91 Å². The molecule has 0 fully saturated rings. The average Bonchev–Trinajstić information content (AvgIpc) is 2.70. The number of rotatable bonds is 19. The Balaban J connectivity index is 0. The van der Waals surface area contributed by atoms with Gasteiger partial charge in [0.15, 0.2) is 0 Å². The van der Waals surface area contributed by atoms with Crippen LogP contribution in [0.5, 0.6) is 0 Å². The first-order chi connectivity index (χ1) is 13.2. The van der Waals surface area contributed by atoms with E-state index < -0.39 is 0 Å². The maximum atomic E-state index is 11.1. The third-order valence-corrected chi connectivity index (χ3v) is 5.07. The molecule has 164 valence electrons. The van der Waals surface area contributed by atoms with Gasteiger partial charge in [-0.05, 0) is 19.4 Å². The molecular formula is C24H52N2O. The molecule has 0 aliphatic carbocycles. The molecule has 0 rings (SSSR count). The Bertz CT molecular complexity index is 267. The van der Waals surface area contributed by atoms with Gasteiger partial charge in [-0.15, -0.1) is 0 Å². The Morgan fingerprint density at radius 3 is 1.15 bits per heavy atom. The van der Waals surface area contributed by atoms with Crippen molar-refractivity contribution >= 4 is 5.91 Å². The summed E-state index contributed by atoms with van der Waals surface area (Å²) in [5.74, 6) is 0.186. The van der Waals surface area contributed by atoms with E-state index in [4.69, 9.17) is 5.73 Å². The second-order valence-electron chi connectivity index (χ2n) is 7.87. The van der Waals surface area contributed by atoms with E-state index in [1.807, 2.05) is 0 Å². The SMILES string of the molecule is CCCCCCCCCCCCCCCCCCCC(=O)NC.CCCN. The van der Waals surface area contributed by atoms with Crippen LogP contribution in [-0.2, 0) is 4.79 Å². The van der Waals surface area contributed by atoms with Crippen molar-refractivity contribution < 1.29 is 4.79 Å². The summed E-state index contributed by atoms with van der Waals surface area (Å²) < 4.78 is 0. The van der Waals surface area contributed by atoms with Crippen molar-refractivity contribution in [1.29, 1.82) is 0 Å². The van der Waals surface area contributed by atoms with Crippen LogP contribution in [0.25, 0.3) is 0 Å². The van der Waals surface area contributed by atoms with Crippen LogP contribution in [0.3, 0.4) is 0 Å². The van der Waals surface area contributed by atoms with E-state index in [2.05, 4.69) is 19.2 Å². The van der Waals surface area contributed by atoms with Crippen molar-refractivity contribution in [3.63, 3.8) is 0 Å². The van der Waals surface area contributed by atoms with Crippen LogP contribution in [0.2, 0.25) is 0 Å². The number of unbranched alkanes of at least 4 members (excludes halogenated alkanes) is 16. The summed E-state index contributed by atoms with van der Waals surface area (Å²) in [6, 6.07) is 0. The van der Waals surface area contributed by atoms with Crippen molar-refractivity contribution in [2.45, 2.75) is 136 Å². The van der Waals surface area contributed by atoms with Gasteiger partial charge in [-0.25, -0.2) is 0 Å². The van der Waals surface area contributed by atoms with Gasteiger partial charge in [0.25, 0.3) is 0 Å². The van der Waals surface area contributed by atoms with E-state index in [0.29, 0.717) is 6.42 Å². The van der Waals surface area contributed by atoms with Crippen molar-refractivity contribution in [2.24, 2.45) is 5.73 Å². The third kappa shape index (κ3) is 30.4. The molecule has 0 aliphatic heterocycles. The summed E-state index contributed by atoms with van der Waals surface area (Å²) in [5.41, 5.74) is 5.03. The predicted octanol–water partition coefficient (Wildman–Crippen LogP) is 7.13. The highest BCUT2D eigenvalue weighted by Crippen LogP contribution is 2.14. The van der Waals surface area contributed by atoms with Crippen LogP contribution < -0.4 is 11.1 Å². The lowest BCUT2D eigenvalue weighted by molar-refractivity contribution is -0.120. The van der Waals surface area contributed by atoms with E-state index in [1.54, 1.807) is 7.05 Å². The summed E-state index contributed by atoms with van der Waals surface area (Å²) in [4.78, 5) is 11.1. The van der Waals surface area contributed by atoms with Crippen LogP contribution in [-0.4, -0.2) is 19.5 Å². The summed E-state index contributed by atoms with van der Waals surface area (Å²) >= 11 is 0. The molecular weight excluding hydrogens is 332 g/mol. The molecule has 0 bridgehead atoms. The van der Waals surface area contributed by atoms with Gasteiger partial charge in [-0.2, -0.15) is 0 Å². The third-order valence-electron chi connectivity index (χ3n) is 5.07. The average molecular weight is 385 g/mol. The molecule has 0 aromatic carbocycles. The Morgan fingerprint density at radius 1 is 0.593 bits per heavy atom. The highest BCUT2D eigenvalue weighted by atomic mass is 16.1. The minimum absolute atomic E-state index is 0.186. The molecule has 3 nitrogen and oxygen atoms in total. The lowest BCUT2D eigenvalue weighted by Crippen LogP contribution is -2.16. The van der Waals surface area contributed by atoms with Crippen LogP contribution >= 0.6 is 0 Å². The van der Waals surface area contributed by atoms with Gasteiger partial charge in [-0.3, -0.25) is 4.79 Å². The maximum absolute atomic E-state index is 11.1. The van der Waals surface area contributed by atoms with Gasteiger partial charge >= 0.3 is 0 Å². The predicted molar refractivity (Wildman–Crippen MR) is 122 cm³/mol. The lowest BCUT2D eigenvalue weighted by Gasteiger charge is -2.03. The van der Waals surface area contributed by atoms with Crippen LogP contribution in [0.15, 0.2) is 0 Å². The van der Waals surface area contributed by atoms with Crippen molar-refractivity contribution in [3.8, 4) is 0 Å². The summed E-state index contributed by atoms with van der Waals surface area (Å²) in [7, 11) is 1.72. The van der Waals surface area contributed by atoms with Crippen LogP contribution in [0, 0.1) is 0 Å². The zero-order chi connectivity index (χ0) is 20.4. The molecule has 0 atom stereocenters. The standard InChI is InChI=1S/C21H43NO.C3H9N/c1-3-4-5-6-7-8-9-10-11-12-13-14-15-16-17-18-19-20-21(23)22-2;1-2-3-4/h3-20H2,1-2H3,(H,22,23);2-4H2,1H3. The summed E-state index contributed by atoms with van der Waals surface area (Å²) in [6.07, 6.45) is 25.3. The normalized spacial score (nSPS) is 10.4. The highest BCUT2D eigenvalue weighted by Gasteiger charge is 1.97. The Labute approximate surface area is 171 Å². The first-order valence-electron chi connectivity index (χ1n) is 12.1. The molecule has 27 heavy (non-hydrogen) atoms. The maximum Gasteiger partial charge on any atom is 0.219 e. The number of hydrogen-bond acceptors (Lipinski definition) is 2. The molecule has 3 heteroatoms. The largest absolute Gasteiger partial charge is 0.359 e. The fourth-order valence-corrected chi connectivity index (χ4v) is 3.14. The second-order valence-corrected chi connectivity index (χ2v) is 7.87. The van der Waals surface area contributed by atoms with Gasteiger partial charge in [0.1, 0.15) is 0 Å². The van der Waals surface area contributed by atoms with E-state index >= 15 is 0 Å². The molecule has 0 unspecified atom stereocenters. The molecule has 3 N–H and O–H groups in total. The van der Waals surface area contributed by atoms with Crippen molar-refractivity contribution in [3.05, 3.63) is 0 Å². The molecule has 0 aromatic rings. The molecule has 0 radical (unpaired) electrons. The van der Waals surface area contributed by atoms with Crippen LogP contribution in [0.4, 0.5) is 0 Å². The molecule has 0 saturated carbocycles. The fraction of sp³-hybridized carbons (Fsp3) is 0.958. The molecule has 0 aliphatic rings. The van der Waals surface area contributed by atoms with Gasteiger partial charge < -0.3 is 11.1 Å². The van der Waals surface area contributed by atoms with Crippen LogP contribution in [0.1, 0.15) is 136 Å². The monoisotopic (exact) mass is 384 g/mol. The Kier molecular flexibility index (Phi) is 29.3. The Hall–Kier alpha value is -0.570. The lowest BCUT2D eigenvalue weighted by atomic mass is 10.0. The number of amides is 1. The fourth-order valence-electron chi connectivity index (χ4n) is 3.14. The van der Waals surface area contributed by atoms with E-state index in [9.17, 15) is 4.79 Å². The number of carbonyl (C=O) groups is 1. The summed E-state index contributed by atoms with van der Waals surface area (Å²) in [6.45, 7) is 5.16. The second kappa shape index (κ2) is 27.6. The molecule has 0 aromatic heterocycles. The number of carbonyl (C=O) groups excluding carboxylic acids is 1. The smallest absolute Gasteiger partial charge is 0.219 e.